The number of pyridine rings is 2. The van der Waals surface area contributed by atoms with Crippen LogP contribution in [-0.4, -0.2) is 17.1 Å². The number of anilines is 1. The van der Waals surface area contributed by atoms with Gasteiger partial charge in [0.15, 0.2) is 0 Å². The van der Waals surface area contributed by atoms with Crippen molar-refractivity contribution in [3.8, 4) is 5.75 Å². The molecule has 0 radical (unpaired) electrons. The molecule has 0 saturated carbocycles. The Kier molecular flexibility index (Phi) is 1.73. The average molecular weight is 175 g/mol. The van der Waals surface area contributed by atoms with Gasteiger partial charge >= 0.3 is 0 Å². The lowest BCUT2D eigenvalue weighted by Crippen LogP contribution is -1.93. The van der Waals surface area contributed by atoms with E-state index in [0.717, 1.165) is 11.1 Å². The SMILES string of the molecule is COc1cnc2c(N)nccc2c1. The van der Waals surface area contributed by atoms with E-state index in [2.05, 4.69) is 9.97 Å². The summed E-state index contributed by atoms with van der Waals surface area (Å²) >= 11 is 0. The topological polar surface area (TPSA) is 61.0 Å². The van der Waals surface area contributed by atoms with E-state index in [1.807, 2.05) is 12.1 Å². The van der Waals surface area contributed by atoms with Gasteiger partial charge in [-0.2, -0.15) is 0 Å². The summed E-state index contributed by atoms with van der Waals surface area (Å²) in [4.78, 5) is 8.08. The standard InChI is InChI=1S/C9H9N3O/c1-13-7-4-6-2-3-11-9(10)8(6)12-5-7/h2-5H,1H3,(H2,10,11). The first-order chi connectivity index (χ1) is 6.31. The third-order valence-corrected chi connectivity index (χ3v) is 1.84. The van der Waals surface area contributed by atoms with Crippen molar-refractivity contribution in [2.75, 3.05) is 12.8 Å². The van der Waals surface area contributed by atoms with Gasteiger partial charge in [0, 0.05) is 11.6 Å². The first kappa shape index (κ1) is 7.79. The Labute approximate surface area is 75.4 Å². The Hall–Kier alpha value is -1.84. The lowest BCUT2D eigenvalue weighted by molar-refractivity contribution is 0.414. The number of aromatic nitrogens is 2. The zero-order valence-corrected chi connectivity index (χ0v) is 7.19. The minimum atomic E-state index is 0.445. The molecule has 0 aliphatic carbocycles. The van der Waals surface area contributed by atoms with E-state index >= 15 is 0 Å². The van der Waals surface area contributed by atoms with Gasteiger partial charge in [-0.3, -0.25) is 0 Å². The zero-order valence-electron chi connectivity index (χ0n) is 7.19. The highest BCUT2D eigenvalue weighted by molar-refractivity contribution is 5.87. The van der Waals surface area contributed by atoms with E-state index in [9.17, 15) is 0 Å². The molecule has 2 N–H and O–H groups in total. The molecule has 0 amide bonds. The predicted molar refractivity (Wildman–Crippen MR) is 50.5 cm³/mol. The van der Waals surface area contributed by atoms with Crippen molar-refractivity contribution in [1.82, 2.24) is 9.97 Å². The Morgan fingerprint density at radius 2 is 2.23 bits per heavy atom. The third kappa shape index (κ3) is 1.26. The van der Waals surface area contributed by atoms with Crippen molar-refractivity contribution in [2.24, 2.45) is 0 Å². The second-order valence-corrected chi connectivity index (χ2v) is 2.64. The Balaban J connectivity index is 2.72. The average Bonchev–Trinajstić information content (AvgIpc) is 2.18. The molecule has 2 aromatic rings. The number of nitrogens with zero attached hydrogens (tertiary/aromatic N) is 2. The summed E-state index contributed by atoms with van der Waals surface area (Å²) in [5.74, 6) is 1.17. The molecule has 0 unspecified atom stereocenters. The highest BCUT2D eigenvalue weighted by Gasteiger charge is 2.00. The summed E-state index contributed by atoms with van der Waals surface area (Å²) in [6.45, 7) is 0. The van der Waals surface area contributed by atoms with Crippen molar-refractivity contribution in [2.45, 2.75) is 0 Å². The van der Waals surface area contributed by atoms with Gasteiger partial charge in [-0.1, -0.05) is 0 Å². The molecular weight excluding hydrogens is 166 g/mol. The maximum atomic E-state index is 5.63. The van der Waals surface area contributed by atoms with Gasteiger partial charge in [0.1, 0.15) is 17.1 Å². The molecule has 0 aliphatic rings. The molecule has 4 heteroatoms. The Morgan fingerprint density at radius 1 is 1.38 bits per heavy atom. The number of hydrogen-bond acceptors (Lipinski definition) is 4. The number of ether oxygens (including phenoxy) is 1. The van der Waals surface area contributed by atoms with E-state index in [0.29, 0.717) is 11.3 Å². The van der Waals surface area contributed by atoms with Gasteiger partial charge in [-0.15, -0.1) is 0 Å². The second kappa shape index (κ2) is 2.90. The van der Waals surface area contributed by atoms with E-state index in [4.69, 9.17) is 10.5 Å². The van der Waals surface area contributed by atoms with Gasteiger partial charge in [0.2, 0.25) is 0 Å². The third-order valence-electron chi connectivity index (χ3n) is 1.84. The molecule has 0 aliphatic heterocycles. The van der Waals surface area contributed by atoms with Gasteiger partial charge in [0.05, 0.1) is 13.3 Å². The maximum absolute atomic E-state index is 5.63. The minimum absolute atomic E-state index is 0.445. The van der Waals surface area contributed by atoms with Crippen LogP contribution in [0.3, 0.4) is 0 Å². The molecule has 4 nitrogen and oxygen atoms in total. The fourth-order valence-electron chi connectivity index (χ4n) is 1.17. The molecule has 0 saturated heterocycles. The summed E-state index contributed by atoms with van der Waals surface area (Å²) in [6.07, 6.45) is 3.28. The number of nitrogens with two attached hydrogens (primary N) is 1. The number of hydrogen-bond donors (Lipinski definition) is 1. The highest BCUT2D eigenvalue weighted by atomic mass is 16.5. The molecule has 0 aromatic carbocycles. The van der Waals surface area contributed by atoms with Crippen LogP contribution < -0.4 is 10.5 Å². The van der Waals surface area contributed by atoms with Gasteiger partial charge in [-0.25, -0.2) is 9.97 Å². The van der Waals surface area contributed by atoms with Crippen molar-refractivity contribution in [3.63, 3.8) is 0 Å². The van der Waals surface area contributed by atoms with Gasteiger partial charge < -0.3 is 10.5 Å². The van der Waals surface area contributed by atoms with E-state index < -0.39 is 0 Å². The molecule has 0 spiro atoms. The lowest BCUT2D eigenvalue weighted by Gasteiger charge is -2.02. The van der Waals surface area contributed by atoms with E-state index in [1.165, 1.54) is 0 Å². The normalized spacial score (nSPS) is 10.2. The Bertz CT molecular complexity index is 442. The molecule has 2 heterocycles. The summed E-state index contributed by atoms with van der Waals surface area (Å²) in [5.41, 5.74) is 6.34. The fourth-order valence-corrected chi connectivity index (χ4v) is 1.17. The van der Waals surface area contributed by atoms with Crippen molar-refractivity contribution in [1.29, 1.82) is 0 Å². The number of methoxy groups -OCH3 is 1. The quantitative estimate of drug-likeness (QED) is 0.707. The van der Waals surface area contributed by atoms with Crippen LogP contribution >= 0.6 is 0 Å². The Morgan fingerprint density at radius 3 is 3.00 bits per heavy atom. The van der Waals surface area contributed by atoms with Crippen molar-refractivity contribution >= 4 is 16.7 Å². The van der Waals surface area contributed by atoms with Crippen LogP contribution in [0.25, 0.3) is 10.9 Å². The lowest BCUT2D eigenvalue weighted by atomic mass is 10.2. The van der Waals surface area contributed by atoms with Gasteiger partial charge in [0.25, 0.3) is 0 Å². The summed E-state index contributed by atoms with van der Waals surface area (Å²) in [7, 11) is 1.60. The molecule has 0 atom stereocenters. The monoisotopic (exact) mass is 175 g/mol. The van der Waals surface area contributed by atoms with E-state index in [-0.39, 0.29) is 0 Å². The van der Waals surface area contributed by atoms with Crippen LogP contribution in [0.2, 0.25) is 0 Å². The van der Waals surface area contributed by atoms with Gasteiger partial charge in [-0.05, 0) is 12.1 Å². The van der Waals surface area contributed by atoms with Crippen LogP contribution in [0.5, 0.6) is 5.75 Å². The first-order valence-corrected chi connectivity index (χ1v) is 3.85. The predicted octanol–water partition coefficient (Wildman–Crippen LogP) is 1.22. The molecule has 66 valence electrons. The zero-order chi connectivity index (χ0) is 9.26. The van der Waals surface area contributed by atoms with Crippen LogP contribution in [0.15, 0.2) is 24.5 Å². The minimum Gasteiger partial charge on any atom is -0.495 e. The largest absolute Gasteiger partial charge is 0.495 e. The van der Waals surface area contributed by atoms with Crippen LogP contribution in [0.4, 0.5) is 5.82 Å². The fraction of sp³-hybridized carbons (Fsp3) is 0.111. The molecule has 13 heavy (non-hydrogen) atoms. The first-order valence-electron chi connectivity index (χ1n) is 3.85. The summed E-state index contributed by atoms with van der Waals surface area (Å²) < 4.78 is 5.04. The summed E-state index contributed by atoms with van der Waals surface area (Å²) in [5, 5.41) is 0.937. The van der Waals surface area contributed by atoms with Crippen molar-refractivity contribution in [3.05, 3.63) is 24.5 Å². The van der Waals surface area contributed by atoms with E-state index in [1.54, 1.807) is 19.5 Å². The van der Waals surface area contributed by atoms with Crippen LogP contribution in [0.1, 0.15) is 0 Å². The smallest absolute Gasteiger partial charge is 0.149 e. The molecule has 0 fully saturated rings. The van der Waals surface area contributed by atoms with Crippen LogP contribution in [-0.2, 0) is 0 Å². The molecule has 0 bridgehead atoms. The molecular formula is C9H9N3O. The summed E-state index contributed by atoms with van der Waals surface area (Å²) in [6, 6.07) is 3.72. The number of fused-ring (bicyclic) bond motifs is 1. The number of rotatable bonds is 1. The van der Waals surface area contributed by atoms with Crippen molar-refractivity contribution < 1.29 is 4.74 Å². The second-order valence-electron chi connectivity index (χ2n) is 2.64. The number of nitrogen functional groups attached to an aromatic ring is 1. The van der Waals surface area contributed by atoms with Crippen LogP contribution in [0, 0.1) is 0 Å². The molecule has 2 aromatic heterocycles. The maximum Gasteiger partial charge on any atom is 0.149 e. The highest BCUT2D eigenvalue weighted by Crippen LogP contribution is 2.20. The molecule has 2 rings (SSSR count).